The molecular weight excluding hydrogens is 308 g/mol. The van der Waals surface area contributed by atoms with Crippen LogP contribution in [0, 0.1) is 20.2 Å². The van der Waals surface area contributed by atoms with E-state index in [4.69, 9.17) is 0 Å². The molecule has 2 aromatic rings. The van der Waals surface area contributed by atoms with Crippen LogP contribution in [0.25, 0.3) is 12.2 Å². The van der Waals surface area contributed by atoms with E-state index in [9.17, 15) is 20.2 Å². The lowest BCUT2D eigenvalue weighted by atomic mass is 10.2. The molecule has 120 valence electrons. The van der Waals surface area contributed by atoms with Crippen LogP contribution in [0.15, 0.2) is 72.8 Å². The van der Waals surface area contributed by atoms with Crippen molar-refractivity contribution in [3.63, 3.8) is 0 Å². The normalized spacial score (nSPS) is 11.5. The molecule has 0 saturated heterocycles. The van der Waals surface area contributed by atoms with E-state index in [-0.39, 0.29) is 11.4 Å². The summed E-state index contributed by atoms with van der Waals surface area (Å²) in [4.78, 5) is 20.2. The van der Waals surface area contributed by atoms with Crippen molar-refractivity contribution in [2.75, 3.05) is 0 Å². The quantitative estimate of drug-likeness (QED) is 0.435. The maximum absolute atomic E-state index is 10.5. The zero-order valence-electron chi connectivity index (χ0n) is 12.6. The second-order valence-electron chi connectivity index (χ2n) is 4.80. The standard InChI is InChI=1S/C18H14N2O4/c21-19(22)17-11-7-15(8-12-17)5-3-1-2-4-6-16-9-13-18(14-10-16)20(23)24/h1-14H/b2-1+,5-3-,6-4+. The predicted molar refractivity (Wildman–Crippen MR) is 93.4 cm³/mol. The van der Waals surface area contributed by atoms with Crippen LogP contribution >= 0.6 is 0 Å². The Labute approximate surface area is 138 Å². The Morgan fingerprint density at radius 2 is 0.917 bits per heavy atom. The van der Waals surface area contributed by atoms with Gasteiger partial charge in [0, 0.05) is 24.3 Å². The van der Waals surface area contributed by atoms with Gasteiger partial charge in [0.05, 0.1) is 9.85 Å². The Hall–Kier alpha value is -3.54. The Bertz CT molecular complexity index is 734. The highest BCUT2D eigenvalue weighted by molar-refractivity contribution is 5.55. The molecule has 0 atom stereocenters. The highest BCUT2D eigenvalue weighted by atomic mass is 16.6. The maximum atomic E-state index is 10.5. The van der Waals surface area contributed by atoms with Crippen molar-refractivity contribution in [1.82, 2.24) is 0 Å². The molecule has 6 nitrogen and oxygen atoms in total. The fourth-order valence-corrected chi connectivity index (χ4v) is 1.88. The van der Waals surface area contributed by atoms with Crippen LogP contribution in [0.4, 0.5) is 11.4 Å². The van der Waals surface area contributed by atoms with Gasteiger partial charge in [0.25, 0.3) is 11.4 Å². The first-order valence-corrected chi connectivity index (χ1v) is 7.06. The summed E-state index contributed by atoms with van der Waals surface area (Å²) in [5.74, 6) is 0. The van der Waals surface area contributed by atoms with E-state index < -0.39 is 9.85 Å². The monoisotopic (exact) mass is 322 g/mol. The van der Waals surface area contributed by atoms with E-state index in [0.29, 0.717) is 0 Å². The number of hydrogen-bond acceptors (Lipinski definition) is 4. The van der Waals surface area contributed by atoms with Crippen LogP contribution in [0.2, 0.25) is 0 Å². The predicted octanol–water partition coefficient (Wildman–Crippen LogP) is 4.79. The topological polar surface area (TPSA) is 86.3 Å². The Morgan fingerprint density at radius 1 is 0.583 bits per heavy atom. The van der Waals surface area contributed by atoms with Gasteiger partial charge in [-0.05, 0) is 35.4 Å². The van der Waals surface area contributed by atoms with E-state index in [1.165, 1.54) is 24.3 Å². The van der Waals surface area contributed by atoms with Gasteiger partial charge in [-0.1, -0.05) is 36.5 Å². The molecule has 0 bridgehead atoms. The highest BCUT2D eigenvalue weighted by Crippen LogP contribution is 2.14. The molecule has 0 N–H and O–H groups in total. The summed E-state index contributed by atoms with van der Waals surface area (Å²) in [6.07, 6.45) is 11.0. The first-order valence-electron chi connectivity index (χ1n) is 7.06. The van der Waals surface area contributed by atoms with Gasteiger partial charge in [0.1, 0.15) is 0 Å². The fourth-order valence-electron chi connectivity index (χ4n) is 1.88. The number of non-ortho nitro benzene ring substituents is 2. The molecule has 6 heteroatoms. The van der Waals surface area contributed by atoms with Crippen molar-refractivity contribution in [2.45, 2.75) is 0 Å². The van der Waals surface area contributed by atoms with Gasteiger partial charge < -0.3 is 0 Å². The first-order chi connectivity index (χ1) is 11.6. The number of hydrogen-bond donors (Lipinski definition) is 0. The second kappa shape index (κ2) is 8.19. The van der Waals surface area contributed by atoms with Gasteiger partial charge in [-0.25, -0.2) is 0 Å². The molecule has 2 aromatic carbocycles. The SMILES string of the molecule is O=[N+]([O-])c1ccc(\C=C/C=C/C=C/c2ccc([N+](=O)[O-])cc2)cc1. The van der Waals surface area contributed by atoms with E-state index in [1.807, 2.05) is 36.5 Å². The third-order valence-corrected chi connectivity index (χ3v) is 3.12. The molecule has 2 rings (SSSR count). The zero-order valence-corrected chi connectivity index (χ0v) is 12.6. The molecule has 24 heavy (non-hydrogen) atoms. The summed E-state index contributed by atoms with van der Waals surface area (Å²) >= 11 is 0. The minimum atomic E-state index is -0.434. The average Bonchev–Trinajstić information content (AvgIpc) is 2.58. The molecule has 0 saturated carbocycles. The van der Waals surface area contributed by atoms with E-state index in [2.05, 4.69) is 0 Å². The summed E-state index contributed by atoms with van der Waals surface area (Å²) in [5.41, 5.74) is 1.86. The minimum Gasteiger partial charge on any atom is -0.258 e. The first kappa shape index (κ1) is 16.8. The smallest absolute Gasteiger partial charge is 0.258 e. The molecule has 0 aliphatic rings. The maximum Gasteiger partial charge on any atom is 0.269 e. The third-order valence-electron chi connectivity index (χ3n) is 3.12. The molecule has 0 heterocycles. The number of nitro groups is 2. The van der Waals surface area contributed by atoms with Crippen LogP contribution < -0.4 is 0 Å². The molecule has 0 radical (unpaired) electrons. The minimum absolute atomic E-state index is 0.0636. The lowest BCUT2D eigenvalue weighted by molar-refractivity contribution is -0.385. The zero-order chi connectivity index (χ0) is 17.4. The molecule has 0 aromatic heterocycles. The molecule has 0 unspecified atom stereocenters. The van der Waals surface area contributed by atoms with E-state index in [1.54, 1.807) is 24.3 Å². The van der Waals surface area contributed by atoms with Crippen molar-refractivity contribution >= 4 is 23.5 Å². The number of nitro benzene ring substituents is 2. The molecule has 0 spiro atoms. The van der Waals surface area contributed by atoms with Crippen LogP contribution in [0.1, 0.15) is 11.1 Å². The molecule has 0 amide bonds. The number of allylic oxidation sites excluding steroid dienone is 4. The highest BCUT2D eigenvalue weighted by Gasteiger charge is 2.02. The summed E-state index contributed by atoms with van der Waals surface area (Å²) in [6.45, 7) is 0. The lowest BCUT2D eigenvalue weighted by Crippen LogP contribution is -1.86. The van der Waals surface area contributed by atoms with Crippen LogP contribution in [0.5, 0.6) is 0 Å². The fraction of sp³-hybridized carbons (Fsp3) is 0. The van der Waals surface area contributed by atoms with Gasteiger partial charge in [0.2, 0.25) is 0 Å². The molecular formula is C18H14N2O4. The van der Waals surface area contributed by atoms with Gasteiger partial charge in [-0.3, -0.25) is 20.2 Å². The van der Waals surface area contributed by atoms with Crippen LogP contribution in [-0.4, -0.2) is 9.85 Å². The summed E-state index contributed by atoms with van der Waals surface area (Å²) in [6, 6.07) is 12.5. The van der Waals surface area contributed by atoms with Crippen molar-refractivity contribution in [3.8, 4) is 0 Å². The van der Waals surface area contributed by atoms with Crippen LogP contribution in [-0.2, 0) is 0 Å². The van der Waals surface area contributed by atoms with Gasteiger partial charge in [-0.15, -0.1) is 0 Å². The third kappa shape index (κ3) is 5.03. The average molecular weight is 322 g/mol. The molecule has 0 fully saturated rings. The Kier molecular flexibility index (Phi) is 5.74. The largest absolute Gasteiger partial charge is 0.269 e. The Morgan fingerprint density at radius 3 is 1.21 bits per heavy atom. The lowest BCUT2D eigenvalue weighted by Gasteiger charge is -1.93. The number of rotatable bonds is 6. The molecule has 0 aliphatic carbocycles. The van der Waals surface area contributed by atoms with Crippen LogP contribution in [0.3, 0.4) is 0 Å². The van der Waals surface area contributed by atoms with Crippen molar-refractivity contribution in [3.05, 3.63) is 104 Å². The summed E-state index contributed by atoms with van der Waals surface area (Å²) < 4.78 is 0. The van der Waals surface area contributed by atoms with Gasteiger partial charge in [0.15, 0.2) is 0 Å². The van der Waals surface area contributed by atoms with Crippen molar-refractivity contribution in [1.29, 1.82) is 0 Å². The van der Waals surface area contributed by atoms with Crippen molar-refractivity contribution in [2.24, 2.45) is 0 Å². The summed E-state index contributed by atoms with van der Waals surface area (Å²) in [5, 5.41) is 21.1. The Balaban J connectivity index is 1.89. The van der Waals surface area contributed by atoms with Gasteiger partial charge >= 0.3 is 0 Å². The number of nitrogens with zero attached hydrogens (tertiary/aromatic N) is 2. The number of benzene rings is 2. The molecule has 0 aliphatic heterocycles. The van der Waals surface area contributed by atoms with E-state index in [0.717, 1.165) is 11.1 Å². The second-order valence-corrected chi connectivity index (χ2v) is 4.80. The van der Waals surface area contributed by atoms with Gasteiger partial charge in [-0.2, -0.15) is 0 Å². The van der Waals surface area contributed by atoms with Crippen molar-refractivity contribution < 1.29 is 9.85 Å². The summed E-state index contributed by atoms with van der Waals surface area (Å²) in [7, 11) is 0. The van der Waals surface area contributed by atoms with E-state index >= 15 is 0 Å².